The number of benzene rings is 4. The van der Waals surface area contributed by atoms with Crippen LogP contribution in [0, 0.1) is 5.92 Å². The van der Waals surface area contributed by atoms with Gasteiger partial charge in [-0.15, -0.1) is 0 Å². The van der Waals surface area contributed by atoms with Gasteiger partial charge in [0.25, 0.3) is 11.8 Å². The van der Waals surface area contributed by atoms with E-state index >= 15 is 0 Å². The summed E-state index contributed by atoms with van der Waals surface area (Å²) in [6.45, 7) is 4.97. The third-order valence-electron chi connectivity index (χ3n) is 8.73. The molecule has 0 unspecified atom stereocenters. The van der Waals surface area contributed by atoms with E-state index in [1.165, 1.54) is 10.5 Å². The van der Waals surface area contributed by atoms with E-state index in [-0.39, 0.29) is 42.6 Å². The standard InChI is InChI=1S/C36H36N2O5/c1-23-32(21-37(3)24(2)26-10-5-4-6-11-26)42-36(43-33(23)27-18-16-25(22-39)17-19-27)28-12-9-13-29(20-28)38-34(40)30-14-7-8-15-31(30)35(38)41/h4-20,23-24,32-33,36,39H,21-22H2,1-3H3/t23-,24+,32+,33+,36+/m1/s1. The fourth-order valence-electron chi connectivity index (χ4n) is 5.99. The third-order valence-corrected chi connectivity index (χ3v) is 8.73. The SMILES string of the molecule is C[C@@H]1[C@H](CN(C)[C@@H](C)c2ccccc2)O[C@H](c2cccc(N3C(=O)c4ccccc4C3=O)c2)O[C@@H]1c1ccc(CO)cc1. The van der Waals surface area contributed by atoms with E-state index in [9.17, 15) is 14.7 Å². The first kappa shape index (κ1) is 29.0. The second-order valence-corrected chi connectivity index (χ2v) is 11.4. The zero-order valence-electron chi connectivity index (χ0n) is 24.6. The third kappa shape index (κ3) is 5.65. The van der Waals surface area contributed by atoms with Crippen LogP contribution >= 0.6 is 0 Å². The largest absolute Gasteiger partial charge is 0.392 e. The Bertz CT molecular complexity index is 1570. The highest BCUT2D eigenvalue weighted by atomic mass is 16.7. The second-order valence-electron chi connectivity index (χ2n) is 11.4. The van der Waals surface area contributed by atoms with Gasteiger partial charge in [-0.1, -0.05) is 85.8 Å². The minimum atomic E-state index is -0.723. The summed E-state index contributed by atoms with van der Waals surface area (Å²) in [6, 6.07) is 32.6. The van der Waals surface area contributed by atoms with Crippen LogP contribution in [0.5, 0.6) is 0 Å². The maximum atomic E-state index is 13.2. The summed E-state index contributed by atoms with van der Waals surface area (Å²) < 4.78 is 13.3. The normalized spacial score (nSPS) is 22.6. The van der Waals surface area contributed by atoms with Gasteiger partial charge in [-0.25, -0.2) is 4.90 Å². The van der Waals surface area contributed by atoms with Gasteiger partial charge in [0.1, 0.15) is 0 Å². The molecule has 4 aromatic carbocycles. The molecule has 0 aliphatic carbocycles. The van der Waals surface area contributed by atoms with E-state index in [0.29, 0.717) is 23.4 Å². The number of aliphatic hydroxyl groups excluding tert-OH is 1. The van der Waals surface area contributed by atoms with Crippen molar-refractivity contribution in [2.45, 2.75) is 45.0 Å². The second kappa shape index (κ2) is 12.2. The Hall–Kier alpha value is -4.14. The molecule has 0 saturated carbocycles. The molecule has 7 heteroatoms. The molecule has 1 fully saturated rings. The average Bonchev–Trinajstić information content (AvgIpc) is 3.31. The van der Waals surface area contributed by atoms with Crippen LogP contribution in [0.1, 0.15) is 75.3 Å². The fourth-order valence-corrected chi connectivity index (χ4v) is 5.99. The molecule has 7 nitrogen and oxygen atoms in total. The monoisotopic (exact) mass is 576 g/mol. The highest BCUT2D eigenvalue weighted by Crippen LogP contribution is 2.43. The fraction of sp³-hybridized carbons (Fsp3) is 0.278. The molecule has 2 amide bonds. The van der Waals surface area contributed by atoms with Crippen LogP contribution in [0.25, 0.3) is 0 Å². The van der Waals surface area contributed by atoms with Crippen LogP contribution in [0.3, 0.4) is 0 Å². The highest BCUT2D eigenvalue weighted by Gasteiger charge is 2.40. The molecule has 2 aliphatic rings. The van der Waals surface area contributed by atoms with Gasteiger partial charge in [-0.05, 0) is 54.9 Å². The van der Waals surface area contributed by atoms with Crippen molar-refractivity contribution in [1.29, 1.82) is 0 Å². The number of anilines is 1. The first-order valence-corrected chi connectivity index (χ1v) is 14.7. The minimum absolute atomic E-state index is 0.0149. The molecule has 2 heterocycles. The molecule has 5 atom stereocenters. The lowest BCUT2D eigenvalue weighted by molar-refractivity contribution is -0.276. The summed E-state index contributed by atoms with van der Waals surface area (Å²) in [5.74, 6) is -0.665. The number of fused-ring (bicyclic) bond motifs is 1. The van der Waals surface area contributed by atoms with Crippen molar-refractivity contribution in [3.05, 3.63) is 137 Å². The molecule has 4 aromatic rings. The molecule has 0 aromatic heterocycles. The Kier molecular flexibility index (Phi) is 8.23. The van der Waals surface area contributed by atoms with Crippen molar-refractivity contribution in [1.82, 2.24) is 4.90 Å². The number of hydrogen-bond acceptors (Lipinski definition) is 6. The van der Waals surface area contributed by atoms with Crippen LogP contribution in [0.2, 0.25) is 0 Å². The zero-order valence-corrected chi connectivity index (χ0v) is 24.6. The summed E-state index contributed by atoms with van der Waals surface area (Å²) in [5, 5.41) is 9.57. The molecular formula is C36H36N2O5. The van der Waals surface area contributed by atoms with E-state index < -0.39 is 6.29 Å². The lowest BCUT2D eigenvalue weighted by Crippen LogP contribution is -2.44. The zero-order chi connectivity index (χ0) is 30.1. The summed E-state index contributed by atoms with van der Waals surface area (Å²) in [4.78, 5) is 29.9. The van der Waals surface area contributed by atoms with Gasteiger partial charge in [-0.3, -0.25) is 14.5 Å². The number of rotatable bonds is 8. The Morgan fingerprint density at radius 1 is 0.814 bits per heavy atom. The first-order chi connectivity index (χ1) is 20.9. The minimum Gasteiger partial charge on any atom is -0.392 e. The number of nitrogens with zero attached hydrogens (tertiary/aromatic N) is 2. The van der Waals surface area contributed by atoms with Gasteiger partial charge in [0.2, 0.25) is 0 Å². The first-order valence-electron chi connectivity index (χ1n) is 14.7. The Labute approximate surface area is 252 Å². The van der Waals surface area contributed by atoms with Crippen LogP contribution < -0.4 is 4.90 Å². The molecule has 220 valence electrons. The quantitative estimate of drug-likeness (QED) is 0.243. The molecule has 6 rings (SSSR count). The smallest absolute Gasteiger partial charge is 0.266 e. The Balaban J connectivity index is 1.30. The van der Waals surface area contributed by atoms with Gasteiger partial charge in [0, 0.05) is 24.1 Å². The van der Waals surface area contributed by atoms with Gasteiger partial charge >= 0.3 is 0 Å². The van der Waals surface area contributed by atoms with E-state index in [0.717, 1.165) is 16.7 Å². The number of aliphatic hydroxyl groups is 1. The van der Waals surface area contributed by atoms with Gasteiger partial charge < -0.3 is 14.6 Å². The molecule has 1 N–H and O–H groups in total. The van der Waals surface area contributed by atoms with Crippen molar-refractivity contribution in [2.24, 2.45) is 5.92 Å². The summed E-state index contributed by atoms with van der Waals surface area (Å²) in [6.07, 6.45) is -1.18. The summed E-state index contributed by atoms with van der Waals surface area (Å²) >= 11 is 0. The van der Waals surface area contributed by atoms with E-state index in [1.807, 2.05) is 48.5 Å². The van der Waals surface area contributed by atoms with Gasteiger partial charge in [-0.2, -0.15) is 0 Å². The van der Waals surface area contributed by atoms with Crippen LogP contribution in [0.4, 0.5) is 5.69 Å². The van der Waals surface area contributed by atoms with Gasteiger partial charge in [0.15, 0.2) is 6.29 Å². The number of carbonyl (C=O) groups is 2. The predicted molar refractivity (Wildman–Crippen MR) is 164 cm³/mol. The van der Waals surface area contributed by atoms with Crippen molar-refractivity contribution >= 4 is 17.5 Å². The summed E-state index contributed by atoms with van der Waals surface area (Å²) in [7, 11) is 2.10. The van der Waals surface area contributed by atoms with Crippen LogP contribution in [-0.2, 0) is 16.1 Å². The Morgan fingerprint density at radius 2 is 1.47 bits per heavy atom. The van der Waals surface area contributed by atoms with Gasteiger partial charge in [0.05, 0.1) is 35.6 Å². The Morgan fingerprint density at radius 3 is 2.12 bits per heavy atom. The van der Waals surface area contributed by atoms with Crippen molar-refractivity contribution in [3.63, 3.8) is 0 Å². The lowest BCUT2D eigenvalue weighted by atomic mass is 9.89. The molecule has 0 radical (unpaired) electrons. The number of amides is 2. The molecule has 0 spiro atoms. The molecule has 0 bridgehead atoms. The molecule has 43 heavy (non-hydrogen) atoms. The molecular weight excluding hydrogens is 540 g/mol. The van der Waals surface area contributed by atoms with Crippen LogP contribution in [-0.4, -0.2) is 41.5 Å². The maximum absolute atomic E-state index is 13.2. The number of imide groups is 1. The van der Waals surface area contributed by atoms with Crippen molar-refractivity contribution in [2.75, 3.05) is 18.5 Å². The topological polar surface area (TPSA) is 79.3 Å². The van der Waals surface area contributed by atoms with Crippen molar-refractivity contribution < 1.29 is 24.2 Å². The lowest BCUT2D eigenvalue weighted by Gasteiger charge is -2.43. The molecule has 2 aliphatic heterocycles. The number of ether oxygens (including phenoxy) is 2. The maximum Gasteiger partial charge on any atom is 0.266 e. The number of likely N-dealkylation sites (N-methyl/N-ethyl adjacent to an activating group) is 1. The van der Waals surface area contributed by atoms with Crippen LogP contribution in [0.15, 0.2) is 103 Å². The number of hydrogen-bond donors (Lipinski definition) is 1. The average molecular weight is 577 g/mol. The summed E-state index contributed by atoms with van der Waals surface area (Å²) in [5.41, 5.74) is 5.07. The van der Waals surface area contributed by atoms with E-state index in [4.69, 9.17) is 9.47 Å². The molecule has 1 saturated heterocycles. The number of carbonyl (C=O) groups excluding carboxylic acids is 2. The highest BCUT2D eigenvalue weighted by molar-refractivity contribution is 6.34. The predicted octanol–water partition coefficient (Wildman–Crippen LogP) is 6.46. The van der Waals surface area contributed by atoms with E-state index in [2.05, 4.69) is 50.1 Å². The van der Waals surface area contributed by atoms with Crippen molar-refractivity contribution in [3.8, 4) is 0 Å². The van der Waals surface area contributed by atoms with E-state index in [1.54, 1.807) is 30.3 Å².